The number of hydrogen-bond donors (Lipinski definition) is 2. The molecule has 3 heterocycles. The molecule has 7 nitrogen and oxygen atoms in total. The second kappa shape index (κ2) is 6.30. The molecule has 2 N–H and O–H groups in total. The summed E-state index contributed by atoms with van der Waals surface area (Å²) in [6, 6.07) is 7.69. The predicted molar refractivity (Wildman–Crippen MR) is 99.0 cm³/mol. The van der Waals surface area contributed by atoms with E-state index in [9.17, 15) is 9.59 Å². The predicted octanol–water partition coefficient (Wildman–Crippen LogP) is 2.21. The smallest absolute Gasteiger partial charge is 0.266 e. The van der Waals surface area contributed by atoms with E-state index in [-0.39, 0.29) is 17.7 Å². The zero-order valence-corrected chi connectivity index (χ0v) is 15.1. The largest absolute Gasteiger partial charge is 0.382 e. The number of likely N-dealkylation sites (tertiary alicyclic amines) is 1. The van der Waals surface area contributed by atoms with Gasteiger partial charge in [0.05, 0.1) is 17.1 Å². The molecule has 0 aromatic heterocycles. The first-order chi connectivity index (χ1) is 12.5. The molecular formula is C19H24N4O3. The molecule has 3 aliphatic rings. The lowest BCUT2D eigenvalue weighted by Crippen LogP contribution is -2.59. The van der Waals surface area contributed by atoms with Gasteiger partial charge in [-0.1, -0.05) is 31.1 Å². The topological polar surface area (TPSA) is 83.0 Å². The number of amides is 2. The van der Waals surface area contributed by atoms with E-state index in [0.717, 1.165) is 17.1 Å². The van der Waals surface area contributed by atoms with E-state index in [1.807, 2.05) is 38.1 Å². The van der Waals surface area contributed by atoms with Gasteiger partial charge in [-0.2, -0.15) is 0 Å². The van der Waals surface area contributed by atoms with Crippen LogP contribution in [0.25, 0.3) is 0 Å². The van der Waals surface area contributed by atoms with Crippen LogP contribution < -0.4 is 10.6 Å². The molecule has 4 rings (SSSR count). The fraction of sp³-hybridized carbons (Fsp3) is 0.526. The molecule has 1 saturated heterocycles. The summed E-state index contributed by atoms with van der Waals surface area (Å²) >= 11 is 0. The van der Waals surface area contributed by atoms with E-state index in [4.69, 9.17) is 4.84 Å². The molecular weight excluding hydrogens is 332 g/mol. The van der Waals surface area contributed by atoms with Gasteiger partial charge in [0.1, 0.15) is 5.54 Å². The Morgan fingerprint density at radius 2 is 1.96 bits per heavy atom. The first-order valence-corrected chi connectivity index (χ1v) is 9.18. The van der Waals surface area contributed by atoms with Crippen LogP contribution in [0.1, 0.15) is 33.1 Å². The molecule has 0 radical (unpaired) electrons. The van der Waals surface area contributed by atoms with Crippen LogP contribution in [0, 0.1) is 5.92 Å². The summed E-state index contributed by atoms with van der Waals surface area (Å²) < 4.78 is 0. The zero-order valence-electron chi connectivity index (χ0n) is 15.1. The summed E-state index contributed by atoms with van der Waals surface area (Å²) in [5.74, 6) is 0.231. The van der Waals surface area contributed by atoms with Gasteiger partial charge in [-0.25, -0.2) is 0 Å². The van der Waals surface area contributed by atoms with Crippen molar-refractivity contribution in [1.29, 1.82) is 0 Å². The molecule has 0 bridgehead atoms. The highest BCUT2D eigenvalue weighted by Gasteiger charge is 2.46. The number of benzene rings is 1. The maximum Gasteiger partial charge on any atom is 0.266 e. The normalized spacial score (nSPS) is 23.8. The van der Waals surface area contributed by atoms with Gasteiger partial charge in [0, 0.05) is 19.5 Å². The SMILES string of the molecule is CC(C)C1=NOC(C(=O)N2CCC3(CC2)Nc2ccccc2NC3=O)C1. The molecule has 1 unspecified atom stereocenters. The van der Waals surface area contributed by atoms with Crippen molar-refractivity contribution in [2.45, 2.75) is 44.8 Å². The highest BCUT2D eigenvalue weighted by Crippen LogP contribution is 2.36. The lowest BCUT2D eigenvalue weighted by Gasteiger charge is -2.44. The molecule has 3 aliphatic heterocycles. The highest BCUT2D eigenvalue weighted by molar-refractivity contribution is 6.06. The van der Waals surface area contributed by atoms with Crippen molar-refractivity contribution in [3.05, 3.63) is 24.3 Å². The summed E-state index contributed by atoms with van der Waals surface area (Å²) in [5, 5.41) is 10.4. The van der Waals surface area contributed by atoms with Crippen molar-refractivity contribution >= 4 is 28.9 Å². The van der Waals surface area contributed by atoms with E-state index >= 15 is 0 Å². The number of carbonyl (C=O) groups excluding carboxylic acids is 2. The Kier molecular flexibility index (Phi) is 4.09. The first kappa shape index (κ1) is 16.9. The van der Waals surface area contributed by atoms with E-state index in [1.165, 1.54) is 0 Å². The molecule has 1 aromatic rings. The third kappa shape index (κ3) is 2.81. The fourth-order valence-electron chi connectivity index (χ4n) is 3.79. The third-order valence-corrected chi connectivity index (χ3v) is 5.55. The van der Waals surface area contributed by atoms with Crippen LogP contribution in [0.2, 0.25) is 0 Å². The summed E-state index contributed by atoms with van der Waals surface area (Å²) in [5.41, 5.74) is 2.02. The van der Waals surface area contributed by atoms with Crippen LogP contribution in [0.15, 0.2) is 29.4 Å². The molecule has 7 heteroatoms. The van der Waals surface area contributed by atoms with Gasteiger partial charge >= 0.3 is 0 Å². The summed E-state index contributed by atoms with van der Waals surface area (Å²) in [6.07, 6.45) is 1.19. The quantitative estimate of drug-likeness (QED) is 0.851. The highest BCUT2D eigenvalue weighted by atomic mass is 16.6. The summed E-state index contributed by atoms with van der Waals surface area (Å²) in [6.45, 7) is 5.15. The lowest BCUT2D eigenvalue weighted by atomic mass is 9.84. The van der Waals surface area contributed by atoms with E-state index in [1.54, 1.807) is 4.90 Å². The Labute approximate surface area is 152 Å². The molecule has 1 spiro atoms. The number of hydrogen-bond acceptors (Lipinski definition) is 5. The molecule has 2 amide bonds. The minimum atomic E-state index is -0.652. The van der Waals surface area contributed by atoms with Crippen LogP contribution in [0.4, 0.5) is 11.4 Å². The monoisotopic (exact) mass is 356 g/mol. The number of nitrogens with one attached hydrogen (secondary N) is 2. The Morgan fingerprint density at radius 3 is 2.62 bits per heavy atom. The molecule has 1 fully saturated rings. The molecule has 26 heavy (non-hydrogen) atoms. The zero-order chi connectivity index (χ0) is 18.3. The van der Waals surface area contributed by atoms with Crippen LogP contribution in [0.5, 0.6) is 0 Å². The van der Waals surface area contributed by atoms with Crippen LogP contribution >= 0.6 is 0 Å². The van der Waals surface area contributed by atoms with Gasteiger partial charge < -0.3 is 20.4 Å². The van der Waals surface area contributed by atoms with Gasteiger partial charge in [0.2, 0.25) is 12.0 Å². The Morgan fingerprint density at radius 1 is 1.27 bits per heavy atom. The average molecular weight is 356 g/mol. The van der Waals surface area contributed by atoms with Crippen LogP contribution in [0.3, 0.4) is 0 Å². The number of anilines is 2. The average Bonchev–Trinajstić information content (AvgIpc) is 3.13. The fourth-order valence-corrected chi connectivity index (χ4v) is 3.79. The van der Waals surface area contributed by atoms with Crippen molar-refractivity contribution in [3.63, 3.8) is 0 Å². The summed E-state index contributed by atoms with van der Waals surface area (Å²) in [7, 11) is 0. The number of para-hydroxylation sites is 2. The Hall–Kier alpha value is -2.57. The van der Waals surface area contributed by atoms with E-state index in [2.05, 4.69) is 15.8 Å². The number of oxime groups is 1. The Bertz CT molecular complexity index is 766. The van der Waals surface area contributed by atoms with Crippen molar-refractivity contribution in [3.8, 4) is 0 Å². The van der Waals surface area contributed by atoms with Gasteiger partial charge in [-0.05, 0) is 30.9 Å². The lowest BCUT2D eigenvalue weighted by molar-refractivity contribution is -0.144. The molecule has 138 valence electrons. The minimum Gasteiger partial charge on any atom is -0.382 e. The van der Waals surface area contributed by atoms with Gasteiger partial charge in [-0.3, -0.25) is 9.59 Å². The van der Waals surface area contributed by atoms with E-state index < -0.39 is 11.6 Å². The molecule has 0 aliphatic carbocycles. The van der Waals surface area contributed by atoms with Crippen LogP contribution in [-0.2, 0) is 14.4 Å². The number of nitrogens with zero attached hydrogens (tertiary/aromatic N) is 2. The van der Waals surface area contributed by atoms with Crippen molar-refractivity contribution in [1.82, 2.24) is 4.90 Å². The number of rotatable bonds is 2. The molecule has 1 atom stereocenters. The molecule has 1 aromatic carbocycles. The second-order valence-electron chi connectivity index (χ2n) is 7.57. The van der Waals surface area contributed by atoms with Crippen molar-refractivity contribution in [2.24, 2.45) is 11.1 Å². The van der Waals surface area contributed by atoms with Crippen molar-refractivity contribution < 1.29 is 14.4 Å². The number of piperidine rings is 1. The van der Waals surface area contributed by atoms with Crippen LogP contribution in [-0.4, -0.2) is 47.2 Å². The maximum atomic E-state index is 12.7. The van der Waals surface area contributed by atoms with Gasteiger partial charge in [0.15, 0.2) is 0 Å². The minimum absolute atomic E-state index is 0.0224. The third-order valence-electron chi connectivity index (χ3n) is 5.55. The van der Waals surface area contributed by atoms with E-state index in [0.29, 0.717) is 32.4 Å². The van der Waals surface area contributed by atoms with Gasteiger partial charge in [-0.15, -0.1) is 0 Å². The first-order valence-electron chi connectivity index (χ1n) is 9.18. The number of fused-ring (bicyclic) bond motifs is 1. The summed E-state index contributed by atoms with van der Waals surface area (Å²) in [4.78, 5) is 32.5. The van der Waals surface area contributed by atoms with Crippen molar-refractivity contribution in [2.75, 3.05) is 23.7 Å². The molecule has 0 saturated carbocycles. The standard InChI is InChI=1S/C19H24N4O3/c1-12(2)15-11-16(26-22-15)17(24)23-9-7-19(8-10-23)18(25)20-13-5-3-4-6-14(13)21-19/h3-6,12,16,21H,7-11H2,1-2H3,(H,20,25). The van der Waals surface area contributed by atoms with Gasteiger partial charge in [0.25, 0.3) is 5.91 Å². The second-order valence-corrected chi connectivity index (χ2v) is 7.57. The maximum absolute atomic E-state index is 12.7. The Balaban J connectivity index is 1.40. The number of carbonyl (C=O) groups is 2.